The van der Waals surface area contributed by atoms with E-state index in [0.717, 1.165) is 38.5 Å². The summed E-state index contributed by atoms with van der Waals surface area (Å²) in [7, 11) is -6.52. The van der Waals surface area contributed by atoms with Crippen LogP contribution in [-0.4, -0.2) is 112 Å². The van der Waals surface area contributed by atoms with E-state index < -0.39 is 31.7 Å². The number of likely N-dealkylation sites (tertiary alicyclic amines) is 1. The Kier molecular flexibility index (Phi) is 11.9. The number of hydrogen-bond acceptors (Lipinski definition) is 6. The number of carbonyl (C=O) groups is 1. The van der Waals surface area contributed by atoms with E-state index in [2.05, 4.69) is 18.7 Å². The van der Waals surface area contributed by atoms with E-state index in [1.54, 1.807) is 0 Å². The Labute approximate surface area is 263 Å². The van der Waals surface area contributed by atoms with E-state index >= 15 is 0 Å². The maximum atomic E-state index is 14.2. The monoisotopic (exact) mass is 660 g/mol. The van der Waals surface area contributed by atoms with Crippen molar-refractivity contribution in [2.45, 2.75) is 70.8 Å². The van der Waals surface area contributed by atoms with Gasteiger partial charge in [0.05, 0.1) is 12.5 Å². The van der Waals surface area contributed by atoms with Crippen LogP contribution < -0.4 is 0 Å². The highest BCUT2D eigenvalue weighted by Gasteiger charge is 2.35. The molecule has 250 valence electrons. The molecule has 3 saturated heterocycles. The largest absolute Gasteiger partial charge is 0.339 e. The molecule has 4 rings (SSSR count). The topological polar surface area (TPSA) is 98.3 Å². The second kappa shape index (κ2) is 14.8. The van der Waals surface area contributed by atoms with Crippen LogP contribution in [0.1, 0.15) is 70.3 Å². The Morgan fingerprint density at radius 2 is 1.43 bits per heavy atom. The number of carbonyl (C=O) groups excluding carboxylic acids is 1. The molecular weight excluding hydrogens is 610 g/mol. The maximum absolute atomic E-state index is 14.2. The number of hydrogen-bond donors (Lipinski definition) is 0. The van der Waals surface area contributed by atoms with Gasteiger partial charge in [-0.1, -0.05) is 13.8 Å². The van der Waals surface area contributed by atoms with Gasteiger partial charge < -0.3 is 9.80 Å². The standard InChI is InChI=1S/C31H50F2N4O5S2/c1-23(2)21-37(31(38)17-24-5-14-36(22-24)44(4,41)42)29-8-11-34(12-9-29)13-10-30(26-18-27(32)20-28(33)19-26)25-6-15-35(16-7-25)43(3,39)40/h18-20,23-25,29-30H,5-17,21-22H2,1-4H3. The summed E-state index contributed by atoms with van der Waals surface area (Å²) in [4.78, 5) is 17.9. The van der Waals surface area contributed by atoms with E-state index in [1.807, 2.05) is 4.90 Å². The van der Waals surface area contributed by atoms with Crippen molar-refractivity contribution in [1.82, 2.24) is 18.4 Å². The second-order valence-corrected chi connectivity index (χ2v) is 17.6. The van der Waals surface area contributed by atoms with Crippen LogP contribution in [0.4, 0.5) is 8.78 Å². The smallest absolute Gasteiger partial charge is 0.223 e. The summed E-state index contributed by atoms with van der Waals surface area (Å²) in [6, 6.07) is 3.84. The van der Waals surface area contributed by atoms with Crippen molar-refractivity contribution in [3.05, 3.63) is 35.4 Å². The maximum Gasteiger partial charge on any atom is 0.223 e. The minimum absolute atomic E-state index is 0.0425. The molecule has 0 aromatic heterocycles. The van der Waals surface area contributed by atoms with E-state index in [0.29, 0.717) is 76.3 Å². The van der Waals surface area contributed by atoms with Crippen molar-refractivity contribution in [3.63, 3.8) is 0 Å². The fourth-order valence-electron chi connectivity index (χ4n) is 7.33. The zero-order valence-corrected chi connectivity index (χ0v) is 28.3. The molecule has 44 heavy (non-hydrogen) atoms. The molecule has 3 aliphatic heterocycles. The minimum atomic E-state index is -3.27. The van der Waals surface area contributed by atoms with Gasteiger partial charge in [-0.2, -0.15) is 0 Å². The van der Waals surface area contributed by atoms with Gasteiger partial charge in [0.2, 0.25) is 26.0 Å². The summed E-state index contributed by atoms with van der Waals surface area (Å²) in [5.74, 6) is -0.704. The van der Waals surface area contributed by atoms with Crippen LogP contribution in [0.2, 0.25) is 0 Å². The van der Waals surface area contributed by atoms with Crippen LogP contribution in [0, 0.1) is 29.4 Å². The molecule has 9 nitrogen and oxygen atoms in total. The molecule has 1 aromatic rings. The van der Waals surface area contributed by atoms with Crippen LogP contribution in [0.3, 0.4) is 0 Å². The fourth-order valence-corrected chi connectivity index (χ4v) is 9.12. The predicted molar refractivity (Wildman–Crippen MR) is 168 cm³/mol. The van der Waals surface area contributed by atoms with E-state index in [4.69, 9.17) is 0 Å². The number of nitrogens with zero attached hydrogens (tertiary/aromatic N) is 4. The van der Waals surface area contributed by atoms with Gasteiger partial charge in [-0.05, 0) is 86.4 Å². The first kappa shape index (κ1) is 35.2. The van der Waals surface area contributed by atoms with Gasteiger partial charge in [-0.25, -0.2) is 34.2 Å². The number of rotatable bonds is 12. The average Bonchev–Trinajstić information content (AvgIpc) is 3.41. The summed E-state index contributed by atoms with van der Waals surface area (Å²) < 4.78 is 79.4. The Bertz CT molecular complexity index is 1320. The molecule has 1 amide bonds. The Morgan fingerprint density at radius 1 is 0.864 bits per heavy atom. The van der Waals surface area contributed by atoms with Gasteiger partial charge >= 0.3 is 0 Å². The predicted octanol–water partition coefficient (Wildman–Crippen LogP) is 3.73. The first-order chi connectivity index (χ1) is 20.6. The van der Waals surface area contributed by atoms with Crippen LogP contribution in [0.15, 0.2) is 18.2 Å². The molecule has 2 atom stereocenters. The lowest BCUT2D eigenvalue weighted by atomic mass is 9.78. The molecule has 3 aliphatic rings. The number of piperidine rings is 2. The third-order valence-corrected chi connectivity index (χ3v) is 12.2. The van der Waals surface area contributed by atoms with Crippen molar-refractivity contribution < 1.29 is 30.4 Å². The molecule has 13 heteroatoms. The van der Waals surface area contributed by atoms with Crippen molar-refractivity contribution in [2.24, 2.45) is 17.8 Å². The summed E-state index contributed by atoms with van der Waals surface area (Å²) in [6.07, 6.45) is 7.18. The third kappa shape index (κ3) is 9.67. The van der Waals surface area contributed by atoms with Gasteiger partial charge in [0.15, 0.2) is 0 Å². The lowest BCUT2D eigenvalue weighted by Crippen LogP contribution is -2.49. The van der Waals surface area contributed by atoms with Crippen molar-refractivity contribution >= 4 is 26.0 Å². The number of sulfonamides is 2. The van der Waals surface area contributed by atoms with E-state index in [1.165, 1.54) is 33.3 Å². The van der Waals surface area contributed by atoms with Crippen LogP contribution in [0.25, 0.3) is 0 Å². The Balaban J connectivity index is 1.35. The van der Waals surface area contributed by atoms with Crippen molar-refractivity contribution in [2.75, 3.05) is 64.9 Å². The van der Waals surface area contributed by atoms with Gasteiger partial charge in [0.25, 0.3) is 0 Å². The SMILES string of the molecule is CC(C)CN(C(=O)CC1CCN(S(C)(=O)=O)C1)C1CCN(CCC(c2cc(F)cc(F)c2)C2CCN(S(C)(=O)=O)CC2)CC1. The first-order valence-electron chi connectivity index (χ1n) is 16.0. The molecule has 0 bridgehead atoms. The summed E-state index contributed by atoms with van der Waals surface area (Å²) in [5, 5.41) is 0. The van der Waals surface area contributed by atoms with E-state index in [9.17, 15) is 30.4 Å². The molecule has 0 saturated carbocycles. The number of halogens is 2. The van der Waals surface area contributed by atoms with Gasteiger partial charge in [0, 0.05) is 64.3 Å². The van der Waals surface area contributed by atoms with Crippen LogP contribution in [0.5, 0.6) is 0 Å². The lowest BCUT2D eigenvalue weighted by molar-refractivity contribution is -0.136. The highest BCUT2D eigenvalue weighted by molar-refractivity contribution is 7.88. The molecule has 1 aromatic carbocycles. The molecule has 0 radical (unpaired) electrons. The summed E-state index contributed by atoms with van der Waals surface area (Å²) >= 11 is 0. The molecule has 2 unspecified atom stereocenters. The summed E-state index contributed by atoms with van der Waals surface area (Å²) in [5.41, 5.74) is 0.630. The molecule has 3 fully saturated rings. The zero-order chi connectivity index (χ0) is 32.2. The highest BCUT2D eigenvalue weighted by atomic mass is 32.2. The molecular formula is C31H50F2N4O5S2. The summed E-state index contributed by atoms with van der Waals surface area (Å²) in [6.45, 7) is 8.96. The normalized spacial score (nSPS) is 22.9. The van der Waals surface area contributed by atoms with E-state index in [-0.39, 0.29) is 29.7 Å². The van der Waals surface area contributed by atoms with Gasteiger partial charge in [0.1, 0.15) is 11.6 Å². The van der Waals surface area contributed by atoms with Gasteiger partial charge in [-0.15, -0.1) is 0 Å². The quantitative estimate of drug-likeness (QED) is 0.339. The van der Waals surface area contributed by atoms with Crippen LogP contribution >= 0.6 is 0 Å². The second-order valence-electron chi connectivity index (χ2n) is 13.6. The third-order valence-electron chi connectivity index (χ3n) is 9.67. The highest BCUT2D eigenvalue weighted by Crippen LogP contribution is 2.37. The zero-order valence-electron chi connectivity index (χ0n) is 26.6. The average molecular weight is 661 g/mol. The lowest BCUT2D eigenvalue weighted by Gasteiger charge is -2.41. The van der Waals surface area contributed by atoms with Crippen LogP contribution in [-0.2, 0) is 24.8 Å². The molecule has 0 aliphatic carbocycles. The van der Waals surface area contributed by atoms with Crippen molar-refractivity contribution in [3.8, 4) is 0 Å². The molecule has 0 spiro atoms. The van der Waals surface area contributed by atoms with Gasteiger partial charge in [-0.3, -0.25) is 4.79 Å². The fraction of sp³-hybridized carbons (Fsp3) is 0.774. The number of benzene rings is 1. The molecule has 0 N–H and O–H groups in total. The molecule has 3 heterocycles. The Morgan fingerprint density at radius 3 is 1.95 bits per heavy atom. The van der Waals surface area contributed by atoms with Crippen molar-refractivity contribution in [1.29, 1.82) is 0 Å². The number of amides is 1. The minimum Gasteiger partial charge on any atom is -0.339 e. The Hall–Kier alpha value is -1.67. The first-order valence-corrected chi connectivity index (χ1v) is 19.7.